The number of hydrogen-bond donors (Lipinski definition) is 1. The maximum absolute atomic E-state index is 12.4. The van der Waals surface area contributed by atoms with Crippen LogP contribution < -0.4 is 4.74 Å². The molecule has 1 aliphatic rings. The predicted molar refractivity (Wildman–Crippen MR) is 130 cm³/mol. The number of aryl methyl sites for hydroxylation is 1. The van der Waals surface area contributed by atoms with E-state index in [1.807, 2.05) is 61.5 Å². The van der Waals surface area contributed by atoms with E-state index < -0.39 is 18.4 Å². The van der Waals surface area contributed by atoms with E-state index in [0.717, 1.165) is 39.2 Å². The Kier molecular flexibility index (Phi) is 6.90. The van der Waals surface area contributed by atoms with Gasteiger partial charge in [-0.1, -0.05) is 54.3 Å². The normalized spacial score (nSPS) is 14.8. The fourth-order valence-electron chi connectivity index (χ4n) is 3.21. The quantitative estimate of drug-likeness (QED) is 0.371. The van der Waals surface area contributed by atoms with Gasteiger partial charge in [-0.2, -0.15) is 0 Å². The summed E-state index contributed by atoms with van der Waals surface area (Å²) < 4.78 is 11.9. The first kappa shape index (κ1) is 22.8. The highest BCUT2D eigenvalue weighted by Crippen LogP contribution is 2.32. The molecule has 2 aromatic carbocycles. The molecule has 1 amide bonds. The third-order valence-electron chi connectivity index (χ3n) is 4.87. The van der Waals surface area contributed by atoms with E-state index in [2.05, 4.69) is 4.98 Å². The topological polar surface area (TPSA) is 92.9 Å². The molecule has 0 aliphatic carbocycles. The Morgan fingerprint density at radius 1 is 1.21 bits per heavy atom. The van der Waals surface area contributed by atoms with Crippen molar-refractivity contribution in [1.82, 2.24) is 9.88 Å². The Labute approximate surface area is 200 Å². The van der Waals surface area contributed by atoms with Crippen molar-refractivity contribution < 1.29 is 23.8 Å². The first-order chi connectivity index (χ1) is 15.9. The minimum Gasteiger partial charge on any atom is -0.493 e. The minimum absolute atomic E-state index is 0.243. The largest absolute Gasteiger partial charge is 0.493 e. The fraction of sp³-hybridized carbons (Fsp3) is 0.167. The summed E-state index contributed by atoms with van der Waals surface area (Å²) in [6.07, 6.45) is 2.30. The van der Waals surface area contributed by atoms with Crippen LogP contribution in [-0.2, 0) is 16.0 Å². The van der Waals surface area contributed by atoms with Crippen molar-refractivity contribution in [3.05, 3.63) is 76.5 Å². The van der Waals surface area contributed by atoms with Crippen molar-refractivity contribution in [2.75, 3.05) is 13.2 Å². The summed E-state index contributed by atoms with van der Waals surface area (Å²) in [7, 11) is 0. The standard InChI is InChI=1S/C24H20N2O5S2/c1-15-19(25-22(31-15)17-5-3-2-4-6-17)11-12-30-18-9-7-16(8-10-18)13-20-23(29)26(14-21(27)28)24(32)33-20/h2-10,13H,11-12,14H2,1H3,(H,27,28)/b20-13-. The number of carbonyl (C=O) groups is 2. The van der Waals surface area contributed by atoms with Gasteiger partial charge in [-0.3, -0.25) is 14.5 Å². The predicted octanol–water partition coefficient (Wildman–Crippen LogP) is 4.56. The lowest BCUT2D eigenvalue weighted by molar-refractivity contribution is -0.140. The van der Waals surface area contributed by atoms with Crippen LogP contribution in [0.3, 0.4) is 0 Å². The van der Waals surface area contributed by atoms with E-state index in [1.165, 1.54) is 0 Å². The minimum atomic E-state index is -1.11. The van der Waals surface area contributed by atoms with E-state index >= 15 is 0 Å². The monoisotopic (exact) mass is 480 g/mol. The van der Waals surface area contributed by atoms with Crippen molar-refractivity contribution in [2.45, 2.75) is 13.3 Å². The Morgan fingerprint density at radius 3 is 2.64 bits per heavy atom. The molecule has 0 spiro atoms. The van der Waals surface area contributed by atoms with Crippen LogP contribution in [0.1, 0.15) is 17.0 Å². The maximum Gasteiger partial charge on any atom is 0.323 e. The lowest BCUT2D eigenvalue weighted by atomic mass is 10.2. The van der Waals surface area contributed by atoms with Crippen LogP contribution in [0.4, 0.5) is 0 Å². The molecule has 0 atom stereocenters. The maximum atomic E-state index is 12.4. The number of oxazole rings is 1. The molecule has 33 heavy (non-hydrogen) atoms. The zero-order chi connectivity index (χ0) is 23.4. The zero-order valence-corrected chi connectivity index (χ0v) is 19.3. The van der Waals surface area contributed by atoms with Gasteiger partial charge in [-0.15, -0.1) is 0 Å². The molecule has 7 nitrogen and oxygen atoms in total. The number of carbonyl (C=O) groups excluding carboxylic acids is 1. The third-order valence-corrected chi connectivity index (χ3v) is 6.24. The van der Waals surface area contributed by atoms with Gasteiger partial charge in [0.15, 0.2) is 0 Å². The van der Waals surface area contributed by atoms with E-state index in [0.29, 0.717) is 29.6 Å². The number of aliphatic carboxylic acids is 1. The van der Waals surface area contributed by atoms with Gasteiger partial charge < -0.3 is 14.3 Å². The number of amides is 1. The Bertz CT molecular complexity index is 1220. The van der Waals surface area contributed by atoms with Gasteiger partial charge in [0.05, 0.1) is 17.2 Å². The summed E-state index contributed by atoms with van der Waals surface area (Å²) in [5, 5.41) is 8.92. The van der Waals surface area contributed by atoms with Gasteiger partial charge in [0.25, 0.3) is 5.91 Å². The number of carboxylic acid groups (broad SMARTS) is 1. The van der Waals surface area contributed by atoms with Crippen LogP contribution in [0.5, 0.6) is 5.75 Å². The van der Waals surface area contributed by atoms with Crippen LogP contribution in [0, 0.1) is 6.92 Å². The molecule has 168 valence electrons. The highest BCUT2D eigenvalue weighted by atomic mass is 32.2. The molecule has 1 saturated heterocycles. The molecular weight excluding hydrogens is 460 g/mol. The van der Waals surface area contributed by atoms with Gasteiger partial charge in [0.1, 0.15) is 22.4 Å². The fourth-order valence-corrected chi connectivity index (χ4v) is 4.47. The van der Waals surface area contributed by atoms with Gasteiger partial charge >= 0.3 is 5.97 Å². The van der Waals surface area contributed by atoms with Crippen molar-refractivity contribution in [2.24, 2.45) is 0 Å². The number of ether oxygens (including phenoxy) is 1. The van der Waals surface area contributed by atoms with E-state index in [9.17, 15) is 9.59 Å². The lowest BCUT2D eigenvalue weighted by Crippen LogP contribution is -2.33. The molecule has 4 rings (SSSR count). The second kappa shape index (κ2) is 10.0. The molecule has 0 bridgehead atoms. The van der Waals surface area contributed by atoms with Gasteiger partial charge in [0, 0.05) is 12.0 Å². The molecule has 2 heterocycles. The van der Waals surface area contributed by atoms with Crippen molar-refractivity contribution in [3.8, 4) is 17.2 Å². The van der Waals surface area contributed by atoms with Crippen LogP contribution in [0.2, 0.25) is 0 Å². The number of carboxylic acids is 1. The van der Waals surface area contributed by atoms with Crippen LogP contribution in [0.25, 0.3) is 17.5 Å². The number of benzene rings is 2. The van der Waals surface area contributed by atoms with Gasteiger partial charge in [-0.25, -0.2) is 4.98 Å². The summed E-state index contributed by atoms with van der Waals surface area (Å²) in [4.78, 5) is 29.3. The molecular formula is C24H20N2O5S2. The summed E-state index contributed by atoms with van der Waals surface area (Å²) >= 11 is 6.20. The lowest BCUT2D eigenvalue weighted by Gasteiger charge is -2.10. The first-order valence-corrected chi connectivity index (χ1v) is 11.3. The van der Waals surface area contributed by atoms with Crippen LogP contribution >= 0.6 is 24.0 Å². The number of thioether (sulfide) groups is 1. The van der Waals surface area contributed by atoms with Crippen molar-refractivity contribution in [1.29, 1.82) is 0 Å². The second-order valence-electron chi connectivity index (χ2n) is 7.22. The average Bonchev–Trinajstić information content (AvgIpc) is 3.30. The molecule has 1 N–H and O–H groups in total. The highest BCUT2D eigenvalue weighted by molar-refractivity contribution is 8.26. The summed E-state index contributed by atoms with van der Waals surface area (Å²) in [5.41, 5.74) is 2.58. The number of nitrogens with zero attached hydrogens (tertiary/aromatic N) is 2. The van der Waals surface area contributed by atoms with Gasteiger partial charge in [0.2, 0.25) is 5.89 Å². The molecule has 1 aromatic heterocycles. The third kappa shape index (κ3) is 5.50. The highest BCUT2D eigenvalue weighted by Gasteiger charge is 2.33. The van der Waals surface area contributed by atoms with E-state index in [-0.39, 0.29) is 4.32 Å². The van der Waals surface area contributed by atoms with Crippen LogP contribution in [0.15, 0.2) is 63.9 Å². The van der Waals surface area contributed by atoms with E-state index in [1.54, 1.807) is 6.08 Å². The first-order valence-electron chi connectivity index (χ1n) is 10.1. The van der Waals surface area contributed by atoms with Crippen molar-refractivity contribution in [3.63, 3.8) is 0 Å². The molecule has 3 aromatic rings. The molecule has 1 aliphatic heterocycles. The van der Waals surface area contributed by atoms with E-state index in [4.69, 9.17) is 26.5 Å². The number of aromatic nitrogens is 1. The zero-order valence-electron chi connectivity index (χ0n) is 17.7. The summed E-state index contributed by atoms with van der Waals surface area (Å²) in [6, 6.07) is 17.0. The molecule has 9 heteroatoms. The average molecular weight is 481 g/mol. The SMILES string of the molecule is Cc1oc(-c2ccccc2)nc1CCOc1ccc(/C=C2\SC(=S)N(CC(=O)O)C2=O)cc1. The molecule has 0 saturated carbocycles. The van der Waals surface area contributed by atoms with Crippen molar-refractivity contribution >= 4 is 46.3 Å². The Hall–Kier alpha value is -3.43. The molecule has 0 unspecified atom stereocenters. The second-order valence-corrected chi connectivity index (χ2v) is 8.89. The number of hydrogen-bond acceptors (Lipinski definition) is 7. The Morgan fingerprint density at radius 2 is 1.94 bits per heavy atom. The summed E-state index contributed by atoms with van der Waals surface area (Å²) in [5.74, 6) is 0.556. The molecule has 0 radical (unpaired) electrons. The summed E-state index contributed by atoms with van der Waals surface area (Å²) in [6.45, 7) is 1.89. The Balaban J connectivity index is 1.34. The molecule has 1 fully saturated rings. The smallest absolute Gasteiger partial charge is 0.323 e. The number of thiocarbonyl (C=S) groups is 1. The van der Waals surface area contributed by atoms with Gasteiger partial charge in [-0.05, 0) is 42.8 Å². The number of rotatable bonds is 8. The van der Waals surface area contributed by atoms with Crippen LogP contribution in [-0.4, -0.2) is 44.3 Å².